The number of carbonyl (C=O) groups excluding carboxylic acids is 1. The first-order valence-electron chi connectivity index (χ1n) is 10.2. The van der Waals surface area contributed by atoms with Crippen LogP contribution in [0.15, 0.2) is 46.7 Å². The lowest BCUT2D eigenvalue weighted by Crippen LogP contribution is -2.39. The first kappa shape index (κ1) is 23.2. The molecule has 9 nitrogen and oxygen atoms in total. The van der Waals surface area contributed by atoms with Gasteiger partial charge in [0.05, 0.1) is 16.6 Å². The van der Waals surface area contributed by atoms with Gasteiger partial charge in [0, 0.05) is 18.2 Å². The van der Waals surface area contributed by atoms with Crippen molar-refractivity contribution in [1.29, 1.82) is 5.26 Å². The number of pyridine rings is 1. The number of nitrogens with zero attached hydrogens (tertiary/aromatic N) is 4. The van der Waals surface area contributed by atoms with Crippen LogP contribution < -0.4 is 14.8 Å². The van der Waals surface area contributed by atoms with E-state index < -0.39 is 11.2 Å². The van der Waals surface area contributed by atoms with Gasteiger partial charge in [0.2, 0.25) is 5.89 Å². The van der Waals surface area contributed by atoms with Crippen LogP contribution in [0.5, 0.6) is 11.5 Å². The van der Waals surface area contributed by atoms with Gasteiger partial charge in [-0.1, -0.05) is 11.6 Å². The van der Waals surface area contributed by atoms with Crippen molar-refractivity contribution in [3.8, 4) is 17.6 Å². The van der Waals surface area contributed by atoms with Crippen molar-refractivity contribution in [2.75, 3.05) is 6.61 Å². The fraction of sp³-hybridized carbons (Fsp3) is 0.261. The zero-order valence-corrected chi connectivity index (χ0v) is 19.0. The van der Waals surface area contributed by atoms with Gasteiger partial charge in [0.15, 0.2) is 13.2 Å². The molecule has 1 unspecified atom stereocenters. The highest BCUT2D eigenvalue weighted by Crippen LogP contribution is 2.39. The van der Waals surface area contributed by atoms with Crippen molar-refractivity contribution >= 4 is 17.5 Å². The molecule has 0 saturated carbocycles. The molecule has 2 heterocycles. The Bertz CT molecular complexity index is 1320. The summed E-state index contributed by atoms with van der Waals surface area (Å²) in [4.78, 5) is 16.1. The standard InChI is InChI=1S/C23H19ClFN5O4/c1-13-5-16(10-27-19(13)9-26)33-12-21-29-30-22(34-21)23(2)7-14(8-23)28-20(31)11-32-15-3-4-17(24)18(25)6-15/h3-7,10H,8,11-12H2,1-2H3,(H,28,31). The van der Waals surface area contributed by atoms with E-state index in [2.05, 4.69) is 20.5 Å². The van der Waals surface area contributed by atoms with E-state index in [1.165, 1.54) is 18.3 Å². The van der Waals surface area contributed by atoms with Crippen LogP contribution in [0.25, 0.3) is 0 Å². The summed E-state index contributed by atoms with van der Waals surface area (Å²) < 4.78 is 30.1. The quantitative estimate of drug-likeness (QED) is 0.513. The van der Waals surface area contributed by atoms with Crippen molar-refractivity contribution in [1.82, 2.24) is 20.5 Å². The third-order valence-corrected chi connectivity index (χ3v) is 5.39. The predicted octanol–water partition coefficient (Wildman–Crippen LogP) is 3.76. The number of allylic oxidation sites excluding steroid dienone is 2. The summed E-state index contributed by atoms with van der Waals surface area (Å²) >= 11 is 5.63. The first-order valence-corrected chi connectivity index (χ1v) is 10.6. The van der Waals surface area contributed by atoms with E-state index in [0.717, 1.165) is 6.07 Å². The van der Waals surface area contributed by atoms with E-state index in [1.807, 2.05) is 19.1 Å². The lowest BCUT2D eigenvalue weighted by molar-refractivity contribution is -0.122. The molecule has 0 aliphatic heterocycles. The zero-order valence-electron chi connectivity index (χ0n) is 18.3. The molecule has 34 heavy (non-hydrogen) atoms. The number of ether oxygens (including phenoxy) is 2. The summed E-state index contributed by atoms with van der Waals surface area (Å²) in [5.74, 6) is 0.370. The van der Waals surface area contributed by atoms with Gasteiger partial charge in [-0.15, -0.1) is 10.2 Å². The van der Waals surface area contributed by atoms with Gasteiger partial charge in [-0.05, 0) is 43.7 Å². The van der Waals surface area contributed by atoms with Crippen molar-refractivity contribution in [2.45, 2.75) is 32.3 Å². The Labute approximate surface area is 199 Å². The molecule has 0 bridgehead atoms. The molecule has 1 aromatic carbocycles. The van der Waals surface area contributed by atoms with Crippen LogP contribution >= 0.6 is 11.6 Å². The Morgan fingerprint density at radius 3 is 2.82 bits per heavy atom. The minimum atomic E-state index is -0.620. The number of benzene rings is 1. The van der Waals surface area contributed by atoms with Gasteiger partial charge >= 0.3 is 0 Å². The van der Waals surface area contributed by atoms with E-state index >= 15 is 0 Å². The Balaban J connectivity index is 1.28. The molecule has 174 valence electrons. The number of hydrogen-bond acceptors (Lipinski definition) is 8. The highest BCUT2D eigenvalue weighted by atomic mass is 35.5. The van der Waals surface area contributed by atoms with Crippen LogP contribution in [0.4, 0.5) is 4.39 Å². The lowest BCUT2D eigenvalue weighted by atomic mass is 9.75. The fourth-order valence-electron chi connectivity index (χ4n) is 3.33. The second-order valence-corrected chi connectivity index (χ2v) is 8.32. The monoisotopic (exact) mass is 483 g/mol. The third kappa shape index (κ3) is 5.15. The number of nitrogens with one attached hydrogen (secondary N) is 1. The van der Waals surface area contributed by atoms with E-state index in [4.69, 9.17) is 30.8 Å². The average Bonchev–Trinajstić information content (AvgIpc) is 3.27. The SMILES string of the molecule is Cc1cc(OCc2nnc(C3(C)C=C(NC(=O)COc4ccc(Cl)c(F)c4)C3)o2)cnc1C#N. The molecular formula is C23H19ClFN5O4. The number of aryl methyl sites for hydroxylation is 1. The van der Waals surface area contributed by atoms with Crippen molar-refractivity contribution in [2.24, 2.45) is 0 Å². The molecule has 0 radical (unpaired) electrons. The first-order chi connectivity index (χ1) is 16.3. The molecule has 1 atom stereocenters. The minimum Gasteiger partial charge on any atom is -0.484 e. The predicted molar refractivity (Wildman–Crippen MR) is 117 cm³/mol. The van der Waals surface area contributed by atoms with Gasteiger partial charge in [-0.2, -0.15) is 5.26 Å². The molecule has 1 amide bonds. The molecular weight excluding hydrogens is 465 g/mol. The molecule has 0 saturated heterocycles. The summed E-state index contributed by atoms with van der Waals surface area (Å²) in [6.45, 7) is 3.45. The van der Waals surface area contributed by atoms with Crippen molar-refractivity contribution in [3.05, 3.63) is 76.1 Å². The molecule has 1 N–H and O–H groups in total. The van der Waals surface area contributed by atoms with E-state index in [1.54, 1.807) is 13.0 Å². The Morgan fingerprint density at radius 2 is 2.12 bits per heavy atom. The van der Waals surface area contributed by atoms with Crippen LogP contribution in [0.3, 0.4) is 0 Å². The lowest BCUT2D eigenvalue weighted by Gasteiger charge is -2.33. The maximum Gasteiger partial charge on any atom is 0.262 e. The summed E-state index contributed by atoms with van der Waals surface area (Å²) in [5, 5.41) is 19.8. The number of nitriles is 1. The fourth-order valence-corrected chi connectivity index (χ4v) is 3.45. The van der Waals surface area contributed by atoms with E-state index in [9.17, 15) is 9.18 Å². The Hall–Kier alpha value is -3.97. The van der Waals surface area contributed by atoms with Gasteiger partial charge in [0.1, 0.15) is 29.1 Å². The summed E-state index contributed by atoms with van der Waals surface area (Å²) in [5.41, 5.74) is 1.21. The average molecular weight is 484 g/mol. The third-order valence-electron chi connectivity index (χ3n) is 5.09. The molecule has 2 aromatic heterocycles. The summed E-state index contributed by atoms with van der Waals surface area (Å²) in [6, 6.07) is 7.66. The van der Waals surface area contributed by atoms with Crippen LogP contribution in [0.2, 0.25) is 5.02 Å². The molecule has 0 fully saturated rings. The summed E-state index contributed by atoms with van der Waals surface area (Å²) in [7, 11) is 0. The number of carbonyl (C=O) groups is 1. The number of halogens is 2. The maximum absolute atomic E-state index is 13.4. The highest BCUT2D eigenvalue weighted by Gasteiger charge is 2.39. The van der Waals surface area contributed by atoms with Gasteiger partial charge in [0.25, 0.3) is 11.8 Å². The molecule has 1 aliphatic carbocycles. The van der Waals surface area contributed by atoms with E-state index in [0.29, 0.717) is 35.0 Å². The summed E-state index contributed by atoms with van der Waals surface area (Å²) in [6.07, 6.45) is 3.76. The normalized spacial score (nSPS) is 16.7. The Kier molecular flexibility index (Phi) is 6.47. The minimum absolute atomic E-state index is 0.0205. The topological polar surface area (TPSA) is 123 Å². The highest BCUT2D eigenvalue weighted by molar-refractivity contribution is 6.30. The molecule has 1 aliphatic rings. The number of rotatable bonds is 8. The van der Waals surface area contributed by atoms with E-state index in [-0.39, 0.29) is 35.8 Å². The molecule has 3 aromatic rings. The van der Waals surface area contributed by atoms with Crippen LogP contribution in [-0.4, -0.2) is 27.7 Å². The Morgan fingerprint density at radius 1 is 1.32 bits per heavy atom. The number of aromatic nitrogens is 3. The van der Waals surface area contributed by atoms with Gasteiger partial charge in [-0.25, -0.2) is 9.37 Å². The molecule has 0 spiro atoms. The van der Waals surface area contributed by atoms with Gasteiger partial charge < -0.3 is 19.2 Å². The number of amides is 1. The maximum atomic E-state index is 13.4. The second-order valence-electron chi connectivity index (χ2n) is 7.91. The zero-order chi connectivity index (χ0) is 24.3. The van der Waals surface area contributed by atoms with Crippen molar-refractivity contribution in [3.63, 3.8) is 0 Å². The molecule has 4 rings (SSSR count). The molecule has 11 heteroatoms. The van der Waals surface area contributed by atoms with Crippen molar-refractivity contribution < 1.29 is 23.1 Å². The van der Waals surface area contributed by atoms with Gasteiger partial charge in [-0.3, -0.25) is 4.79 Å². The second kappa shape index (κ2) is 9.49. The smallest absolute Gasteiger partial charge is 0.262 e. The van der Waals surface area contributed by atoms with Crippen LogP contribution in [0.1, 0.15) is 36.4 Å². The van der Waals surface area contributed by atoms with Crippen LogP contribution in [-0.2, 0) is 16.8 Å². The number of hydrogen-bond donors (Lipinski definition) is 1. The van der Waals surface area contributed by atoms with Crippen LogP contribution in [0, 0.1) is 24.1 Å². The largest absolute Gasteiger partial charge is 0.484 e.